The molecule has 8 nitrogen and oxygen atoms in total. The summed E-state index contributed by atoms with van der Waals surface area (Å²) in [5.74, 6) is 1.01. The number of hydrogen-bond acceptors (Lipinski definition) is 7. The normalized spacial score (nSPS) is 13.2. The molecule has 0 saturated heterocycles. The first-order chi connectivity index (χ1) is 18.6. The van der Waals surface area contributed by atoms with Crippen molar-refractivity contribution < 1.29 is 23.2 Å². The zero-order valence-electron chi connectivity index (χ0n) is 23.5. The number of methoxy groups -OCH3 is 1. The van der Waals surface area contributed by atoms with Gasteiger partial charge in [0, 0.05) is 35.9 Å². The van der Waals surface area contributed by atoms with Crippen LogP contribution >= 0.6 is 0 Å². The molecule has 1 amide bonds. The third-order valence-corrected chi connectivity index (χ3v) is 6.92. The van der Waals surface area contributed by atoms with Gasteiger partial charge in [0.2, 0.25) is 0 Å². The maximum Gasteiger partial charge on any atom is 0.410 e. The van der Waals surface area contributed by atoms with Gasteiger partial charge in [-0.2, -0.15) is 0 Å². The second-order valence-corrected chi connectivity index (χ2v) is 10.6. The van der Waals surface area contributed by atoms with Crippen molar-refractivity contribution >= 4 is 28.5 Å². The van der Waals surface area contributed by atoms with E-state index in [1.165, 1.54) is 18.9 Å². The minimum absolute atomic E-state index is 0.0972. The van der Waals surface area contributed by atoms with Crippen LogP contribution in [0.15, 0.2) is 56.2 Å². The molecule has 2 heterocycles. The first-order valence-corrected chi connectivity index (χ1v) is 13.6. The van der Waals surface area contributed by atoms with Crippen LogP contribution in [0.3, 0.4) is 0 Å². The van der Waals surface area contributed by atoms with Crippen molar-refractivity contribution in [3.05, 3.63) is 75.7 Å². The van der Waals surface area contributed by atoms with Crippen molar-refractivity contribution in [2.75, 3.05) is 12.8 Å². The highest BCUT2D eigenvalue weighted by molar-refractivity contribution is 6.01. The number of ketones is 1. The van der Waals surface area contributed by atoms with Crippen LogP contribution in [-0.2, 0) is 17.6 Å². The average molecular weight is 537 g/mol. The summed E-state index contributed by atoms with van der Waals surface area (Å²) in [6, 6.07) is 9.90. The summed E-state index contributed by atoms with van der Waals surface area (Å²) >= 11 is 0. The predicted octanol–water partition coefficient (Wildman–Crippen LogP) is 6.76. The van der Waals surface area contributed by atoms with E-state index in [1.54, 1.807) is 19.1 Å². The molecule has 0 fully saturated rings. The lowest BCUT2D eigenvalue weighted by molar-refractivity contribution is 0.0920. The Kier molecular flexibility index (Phi) is 10.5. The van der Waals surface area contributed by atoms with Gasteiger partial charge in [-0.1, -0.05) is 45.9 Å². The minimum atomic E-state index is -0.714. The molecule has 0 aliphatic rings. The lowest BCUT2D eigenvalue weighted by atomic mass is 9.93. The number of carbonyl (C=O) groups is 2. The summed E-state index contributed by atoms with van der Waals surface area (Å²) in [5, 5.41) is 3.50. The zero-order chi connectivity index (χ0) is 28.5. The lowest BCUT2D eigenvalue weighted by Gasteiger charge is -2.13. The van der Waals surface area contributed by atoms with Gasteiger partial charge in [-0.3, -0.25) is 10.1 Å². The number of ether oxygens (including phenoxy) is 1. The standard InChI is InChI=1S/C31H40N2O6/c1-19(2)9-11-22-12-13-23-17-24(38-27(23)16-22)14-10-21(4)29(34)28-25(32)18-26(39-30(28)35)20(3)8-6-7-15-33-31(36)37-5/h7,12-13,15-21H,6,8-11,14,32H2,1-5H3,(H,33,36)/b15-7+. The van der Waals surface area contributed by atoms with E-state index < -0.39 is 17.6 Å². The van der Waals surface area contributed by atoms with Gasteiger partial charge in [0.25, 0.3) is 0 Å². The van der Waals surface area contributed by atoms with Gasteiger partial charge in [-0.15, -0.1) is 0 Å². The van der Waals surface area contributed by atoms with Crippen molar-refractivity contribution in [3.8, 4) is 0 Å². The summed E-state index contributed by atoms with van der Waals surface area (Å²) in [6.45, 7) is 8.13. The molecule has 0 aliphatic carbocycles. The van der Waals surface area contributed by atoms with Crippen molar-refractivity contribution in [2.24, 2.45) is 11.8 Å². The number of nitrogens with two attached hydrogens (primary N) is 1. The van der Waals surface area contributed by atoms with Crippen LogP contribution in [0.25, 0.3) is 11.0 Å². The Labute approximate surface area is 229 Å². The van der Waals surface area contributed by atoms with E-state index in [0.717, 1.165) is 29.6 Å². The van der Waals surface area contributed by atoms with Crippen molar-refractivity contribution in [2.45, 2.75) is 72.1 Å². The molecule has 0 bridgehead atoms. The van der Waals surface area contributed by atoms with E-state index in [2.05, 4.69) is 42.1 Å². The molecule has 0 spiro atoms. The van der Waals surface area contributed by atoms with Gasteiger partial charge in [0.05, 0.1) is 12.8 Å². The fraction of sp³-hybridized carbons (Fsp3) is 0.452. The number of rotatable bonds is 13. The van der Waals surface area contributed by atoms with Gasteiger partial charge in [-0.25, -0.2) is 9.59 Å². The maximum absolute atomic E-state index is 13.1. The van der Waals surface area contributed by atoms with Crippen LogP contribution in [0, 0.1) is 11.8 Å². The Balaban J connectivity index is 1.59. The van der Waals surface area contributed by atoms with Crippen molar-refractivity contribution in [1.29, 1.82) is 0 Å². The highest BCUT2D eigenvalue weighted by Crippen LogP contribution is 2.26. The second-order valence-electron chi connectivity index (χ2n) is 10.6. The minimum Gasteiger partial charge on any atom is -0.461 e. The molecule has 1 aromatic carbocycles. The lowest BCUT2D eigenvalue weighted by Crippen LogP contribution is -2.23. The fourth-order valence-corrected chi connectivity index (χ4v) is 4.38. The number of anilines is 1. The van der Waals surface area contributed by atoms with E-state index in [1.807, 2.05) is 13.0 Å². The molecular weight excluding hydrogens is 496 g/mol. The van der Waals surface area contributed by atoms with Crippen LogP contribution in [0.4, 0.5) is 10.5 Å². The number of amides is 1. The summed E-state index contributed by atoms with van der Waals surface area (Å²) in [5.41, 5.74) is 7.60. The largest absolute Gasteiger partial charge is 0.461 e. The quantitative estimate of drug-likeness (QED) is 0.231. The molecule has 3 rings (SSSR count). The zero-order valence-corrected chi connectivity index (χ0v) is 23.5. The molecule has 39 heavy (non-hydrogen) atoms. The molecule has 210 valence electrons. The number of furan rings is 1. The third kappa shape index (κ3) is 8.34. The number of nitrogens with one attached hydrogen (secondary N) is 1. The number of hydrogen-bond donors (Lipinski definition) is 2. The van der Waals surface area contributed by atoms with Crippen molar-refractivity contribution in [3.63, 3.8) is 0 Å². The Morgan fingerprint density at radius 2 is 1.79 bits per heavy atom. The average Bonchev–Trinajstić information content (AvgIpc) is 3.31. The van der Waals surface area contributed by atoms with Gasteiger partial charge in [0.15, 0.2) is 5.78 Å². The van der Waals surface area contributed by atoms with E-state index in [9.17, 15) is 14.4 Å². The molecule has 0 saturated carbocycles. The molecule has 2 unspecified atom stereocenters. The Morgan fingerprint density at radius 3 is 2.49 bits per heavy atom. The van der Waals surface area contributed by atoms with Gasteiger partial charge < -0.3 is 19.3 Å². The van der Waals surface area contributed by atoms with Gasteiger partial charge in [0.1, 0.15) is 22.7 Å². The first-order valence-electron chi connectivity index (χ1n) is 13.6. The molecular formula is C31H40N2O6. The number of alkyl carbamates (subject to hydrolysis) is 1. The number of carbonyl (C=O) groups excluding carboxylic acids is 2. The van der Waals surface area contributed by atoms with Gasteiger partial charge >= 0.3 is 11.7 Å². The Bertz CT molecular complexity index is 1370. The topological polar surface area (TPSA) is 125 Å². The van der Waals surface area contributed by atoms with Crippen LogP contribution in [0.1, 0.15) is 86.7 Å². The highest BCUT2D eigenvalue weighted by atomic mass is 16.5. The number of allylic oxidation sites excluding steroid dienone is 1. The summed E-state index contributed by atoms with van der Waals surface area (Å²) in [6.07, 6.45) is 7.26. The van der Waals surface area contributed by atoms with E-state index in [4.69, 9.17) is 14.6 Å². The second kappa shape index (κ2) is 13.8. The fourth-order valence-electron chi connectivity index (χ4n) is 4.38. The van der Waals surface area contributed by atoms with Crippen LogP contribution in [0.2, 0.25) is 0 Å². The maximum atomic E-state index is 13.1. The third-order valence-electron chi connectivity index (χ3n) is 6.92. The number of Topliss-reactive ketones (excluding diaryl/α,β-unsaturated/α-hetero) is 1. The molecule has 2 aromatic heterocycles. The van der Waals surface area contributed by atoms with Crippen LogP contribution in [0.5, 0.6) is 0 Å². The number of fused-ring (bicyclic) bond motifs is 1. The summed E-state index contributed by atoms with van der Waals surface area (Å²) < 4.78 is 16.0. The van der Waals surface area contributed by atoms with E-state index in [-0.39, 0.29) is 23.0 Å². The van der Waals surface area contributed by atoms with Gasteiger partial charge in [-0.05, 0) is 55.7 Å². The first kappa shape index (κ1) is 29.7. The smallest absolute Gasteiger partial charge is 0.410 e. The molecule has 0 radical (unpaired) electrons. The van der Waals surface area contributed by atoms with E-state index >= 15 is 0 Å². The Hall–Kier alpha value is -3.81. The van der Waals surface area contributed by atoms with Crippen molar-refractivity contribution in [1.82, 2.24) is 5.32 Å². The number of benzene rings is 1. The molecule has 3 N–H and O–H groups in total. The number of aryl methyl sites for hydroxylation is 2. The molecule has 2 atom stereocenters. The molecule has 8 heteroatoms. The molecule has 0 aliphatic heterocycles. The SMILES string of the molecule is COC(=O)N/C=C/CCC(C)c1cc(N)c(C(=O)C(C)CCc2cc3ccc(CCC(C)C)cc3o2)c(=O)o1. The monoisotopic (exact) mass is 536 g/mol. The number of nitrogen functional groups attached to an aromatic ring is 1. The predicted molar refractivity (Wildman–Crippen MR) is 153 cm³/mol. The Morgan fingerprint density at radius 1 is 1.03 bits per heavy atom. The molecule has 3 aromatic rings. The summed E-state index contributed by atoms with van der Waals surface area (Å²) in [7, 11) is 1.29. The van der Waals surface area contributed by atoms with Crippen LogP contribution < -0.4 is 16.7 Å². The highest BCUT2D eigenvalue weighted by Gasteiger charge is 2.24. The van der Waals surface area contributed by atoms with E-state index in [0.29, 0.717) is 37.4 Å². The van der Waals surface area contributed by atoms with Crippen LogP contribution in [-0.4, -0.2) is 19.0 Å². The summed E-state index contributed by atoms with van der Waals surface area (Å²) in [4.78, 5) is 36.9.